The van der Waals surface area contributed by atoms with Gasteiger partial charge in [0.1, 0.15) is 0 Å². The number of hydrogen-bond donors (Lipinski definition) is 0. The van der Waals surface area contributed by atoms with Crippen LogP contribution in [0.4, 0.5) is 0 Å². The van der Waals surface area contributed by atoms with Gasteiger partial charge < -0.3 is 8.85 Å². The Balaban J connectivity index is 2.19. The lowest BCUT2D eigenvalue weighted by molar-refractivity contribution is -0.135. The van der Waals surface area contributed by atoms with Crippen LogP contribution in [0.3, 0.4) is 0 Å². The van der Waals surface area contributed by atoms with Crippen LogP contribution in [0.15, 0.2) is 0 Å². The van der Waals surface area contributed by atoms with E-state index in [2.05, 4.69) is 0 Å². The molecule has 1 rings (SSSR count). The van der Waals surface area contributed by atoms with Crippen molar-refractivity contribution in [3.63, 3.8) is 0 Å². The summed E-state index contributed by atoms with van der Waals surface area (Å²) < 4.78 is 10.5. The smallest absolute Gasteiger partial charge is 0.385 e. The second-order valence-electron chi connectivity index (χ2n) is 2.64. The van der Waals surface area contributed by atoms with E-state index in [0.29, 0.717) is 6.42 Å². The van der Waals surface area contributed by atoms with Gasteiger partial charge in [0.15, 0.2) is 0 Å². The van der Waals surface area contributed by atoms with Gasteiger partial charge in [-0.25, -0.2) is 0 Å². The van der Waals surface area contributed by atoms with E-state index in [1.165, 1.54) is 0 Å². The lowest BCUT2D eigenvalue weighted by Crippen LogP contribution is -2.29. The van der Waals surface area contributed by atoms with Crippen molar-refractivity contribution in [1.29, 1.82) is 0 Å². The minimum absolute atomic E-state index is 0.108. The molecule has 3 nitrogen and oxygen atoms in total. The molecule has 64 valence electrons. The summed E-state index contributed by atoms with van der Waals surface area (Å²) in [5.74, 6) is -0.108. The maximum absolute atomic E-state index is 10.8. The fourth-order valence-electron chi connectivity index (χ4n) is 1.03. The molecule has 1 aliphatic heterocycles. The second kappa shape index (κ2) is 4.51. The van der Waals surface area contributed by atoms with E-state index in [0.717, 1.165) is 25.5 Å². The highest BCUT2D eigenvalue weighted by Crippen LogP contribution is 2.11. The Morgan fingerprint density at radius 1 is 1.64 bits per heavy atom. The Hall–Kier alpha value is -0.353. The average molecular weight is 174 g/mol. The summed E-state index contributed by atoms with van der Waals surface area (Å²) in [6, 6.07) is 0.992. The van der Waals surface area contributed by atoms with Crippen LogP contribution in [0, 0.1) is 0 Å². The van der Waals surface area contributed by atoms with E-state index >= 15 is 0 Å². The highest BCUT2D eigenvalue weighted by molar-refractivity contribution is 6.46. The lowest BCUT2D eigenvalue weighted by Gasteiger charge is -2.20. The number of rotatable bonds is 2. The van der Waals surface area contributed by atoms with Gasteiger partial charge >= 0.3 is 9.28 Å². The third-order valence-corrected chi connectivity index (χ3v) is 3.70. The van der Waals surface area contributed by atoms with Gasteiger partial charge in [-0.1, -0.05) is 6.92 Å². The summed E-state index contributed by atoms with van der Waals surface area (Å²) >= 11 is 0. The van der Waals surface area contributed by atoms with Gasteiger partial charge in [-0.2, -0.15) is 0 Å². The Bertz CT molecular complexity index is 132. The molecule has 1 saturated heterocycles. The van der Waals surface area contributed by atoms with Gasteiger partial charge in [0.25, 0.3) is 5.97 Å². The van der Waals surface area contributed by atoms with Crippen molar-refractivity contribution in [2.75, 3.05) is 6.61 Å². The van der Waals surface area contributed by atoms with E-state index in [1.807, 2.05) is 0 Å². The van der Waals surface area contributed by atoms with Gasteiger partial charge in [-0.3, -0.25) is 4.79 Å². The van der Waals surface area contributed by atoms with Crippen LogP contribution >= 0.6 is 0 Å². The normalized spacial score (nSPS) is 24.6. The van der Waals surface area contributed by atoms with Crippen LogP contribution in [0.2, 0.25) is 6.04 Å². The van der Waals surface area contributed by atoms with Crippen LogP contribution in [0.5, 0.6) is 0 Å². The molecule has 11 heavy (non-hydrogen) atoms. The largest absolute Gasteiger partial charge is 0.497 e. The highest BCUT2D eigenvalue weighted by Gasteiger charge is 2.20. The summed E-state index contributed by atoms with van der Waals surface area (Å²) in [4.78, 5) is 10.8. The van der Waals surface area contributed by atoms with Crippen LogP contribution in [-0.4, -0.2) is 21.9 Å². The minimum Gasteiger partial charge on any atom is -0.497 e. The van der Waals surface area contributed by atoms with Crippen molar-refractivity contribution in [2.24, 2.45) is 0 Å². The van der Waals surface area contributed by atoms with E-state index in [4.69, 9.17) is 8.85 Å². The predicted molar refractivity (Wildman–Crippen MR) is 43.5 cm³/mol. The van der Waals surface area contributed by atoms with Crippen LogP contribution < -0.4 is 0 Å². The zero-order chi connectivity index (χ0) is 8.10. The maximum Gasteiger partial charge on any atom is 0.385 e. The zero-order valence-electron chi connectivity index (χ0n) is 6.84. The number of carbonyl (C=O) groups excluding carboxylic acids is 1. The van der Waals surface area contributed by atoms with Crippen molar-refractivity contribution in [3.8, 4) is 0 Å². The summed E-state index contributed by atoms with van der Waals surface area (Å²) in [5.41, 5.74) is 0. The van der Waals surface area contributed by atoms with Gasteiger partial charge in [0, 0.05) is 13.0 Å². The van der Waals surface area contributed by atoms with Crippen LogP contribution in [-0.2, 0) is 13.6 Å². The summed E-state index contributed by atoms with van der Waals surface area (Å²) in [5, 5.41) is 0. The Morgan fingerprint density at radius 2 is 2.45 bits per heavy atom. The van der Waals surface area contributed by atoms with Crippen molar-refractivity contribution in [1.82, 2.24) is 0 Å². The molecule has 0 N–H and O–H groups in total. The van der Waals surface area contributed by atoms with Crippen molar-refractivity contribution >= 4 is 15.3 Å². The molecule has 1 fully saturated rings. The van der Waals surface area contributed by atoms with Gasteiger partial charge in [0.05, 0.1) is 0 Å². The number of hydrogen-bond acceptors (Lipinski definition) is 3. The highest BCUT2D eigenvalue weighted by atomic mass is 28.3. The molecule has 0 aliphatic carbocycles. The fourth-order valence-corrected chi connectivity index (χ4v) is 2.90. The Labute approximate surface area is 68.5 Å². The summed E-state index contributed by atoms with van der Waals surface area (Å²) in [6.07, 6.45) is 2.74. The monoisotopic (exact) mass is 174 g/mol. The summed E-state index contributed by atoms with van der Waals surface area (Å²) in [7, 11) is -1.55. The maximum atomic E-state index is 10.8. The van der Waals surface area contributed by atoms with Crippen molar-refractivity contribution < 1.29 is 13.6 Å². The minimum atomic E-state index is -1.55. The molecular weight excluding hydrogens is 160 g/mol. The van der Waals surface area contributed by atoms with E-state index in [-0.39, 0.29) is 5.97 Å². The first-order valence-electron chi connectivity index (χ1n) is 4.14. The molecule has 0 amide bonds. The quantitative estimate of drug-likeness (QED) is 0.585. The predicted octanol–water partition coefficient (Wildman–Crippen LogP) is 0.970. The molecule has 0 aromatic rings. The Kier molecular flexibility index (Phi) is 3.58. The van der Waals surface area contributed by atoms with Crippen molar-refractivity contribution in [3.05, 3.63) is 0 Å². The van der Waals surface area contributed by atoms with Crippen LogP contribution in [0.1, 0.15) is 26.2 Å². The molecule has 0 radical (unpaired) electrons. The lowest BCUT2D eigenvalue weighted by atomic mass is 10.4. The average Bonchev–Trinajstić information content (AvgIpc) is 2.06. The van der Waals surface area contributed by atoms with Gasteiger partial charge in [-0.05, 0) is 18.9 Å². The second-order valence-corrected chi connectivity index (χ2v) is 4.65. The molecule has 0 saturated carbocycles. The Morgan fingerprint density at radius 3 is 3.00 bits per heavy atom. The first-order chi connectivity index (χ1) is 5.33. The molecule has 0 bridgehead atoms. The molecule has 0 spiro atoms. The van der Waals surface area contributed by atoms with Gasteiger partial charge in [-0.15, -0.1) is 0 Å². The zero-order valence-corrected chi connectivity index (χ0v) is 7.99. The summed E-state index contributed by atoms with van der Waals surface area (Å²) in [6.45, 7) is 2.59. The standard InChI is InChI=1S/C7H14O3Si/c1-2-7(8)10-11-6-4-3-5-9-11/h11H,2-6H2,1H3. The van der Waals surface area contributed by atoms with Gasteiger partial charge in [0.2, 0.25) is 0 Å². The third kappa shape index (κ3) is 3.03. The van der Waals surface area contributed by atoms with Crippen molar-refractivity contribution in [2.45, 2.75) is 32.2 Å². The molecule has 4 heteroatoms. The third-order valence-electron chi connectivity index (χ3n) is 1.69. The fraction of sp³-hybridized carbons (Fsp3) is 0.857. The number of carbonyl (C=O) groups is 1. The molecule has 0 aromatic carbocycles. The van der Waals surface area contributed by atoms with E-state index in [1.54, 1.807) is 6.92 Å². The molecule has 1 unspecified atom stereocenters. The molecule has 0 aromatic heterocycles. The van der Waals surface area contributed by atoms with Crippen LogP contribution in [0.25, 0.3) is 0 Å². The van der Waals surface area contributed by atoms with E-state index < -0.39 is 9.28 Å². The molecular formula is C7H14O3Si. The first kappa shape index (κ1) is 8.74. The SMILES string of the molecule is CCC(=O)O[SiH]1CCCCO1. The van der Waals surface area contributed by atoms with E-state index in [9.17, 15) is 4.79 Å². The molecule has 1 heterocycles. The topological polar surface area (TPSA) is 35.5 Å². The molecule has 1 aliphatic rings. The first-order valence-corrected chi connectivity index (χ1v) is 5.90. The molecule has 1 atom stereocenters.